The van der Waals surface area contributed by atoms with Gasteiger partial charge in [-0.15, -0.1) is 0 Å². The van der Waals surface area contributed by atoms with Gasteiger partial charge in [0, 0.05) is 24.3 Å². The highest BCUT2D eigenvalue weighted by Gasteiger charge is 2.24. The van der Waals surface area contributed by atoms with Gasteiger partial charge < -0.3 is 10.4 Å². The summed E-state index contributed by atoms with van der Waals surface area (Å²) in [5.74, 6) is 0. The van der Waals surface area contributed by atoms with Gasteiger partial charge in [0.25, 0.3) is 0 Å². The molecule has 0 saturated heterocycles. The zero-order chi connectivity index (χ0) is 12.4. The molecular formula is C12H23N3O. The van der Waals surface area contributed by atoms with Gasteiger partial charge >= 0.3 is 0 Å². The molecule has 0 radical (unpaired) electrons. The van der Waals surface area contributed by atoms with Crippen LogP contribution < -0.4 is 5.32 Å². The van der Waals surface area contributed by atoms with Crippen LogP contribution in [0.25, 0.3) is 0 Å². The fourth-order valence-corrected chi connectivity index (χ4v) is 1.52. The smallest absolute Gasteiger partial charge is 0.0911 e. The predicted octanol–water partition coefficient (Wildman–Crippen LogP) is 1.41. The van der Waals surface area contributed by atoms with E-state index >= 15 is 0 Å². The predicted molar refractivity (Wildman–Crippen MR) is 65.2 cm³/mol. The van der Waals surface area contributed by atoms with Crippen molar-refractivity contribution in [3.8, 4) is 0 Å². The summed E-state index contributed by atoms with van der Waals surface area (Å²) in [6.07, 6.45) is 4.25. The zero-order valence-electron chi connectivity index (χ0n) is 10.9. The molecule has 0 aliphatic heterocycles. The number of hydrogen-bond donors (Lipinski definition) is 2. The molecule has 0 aliphatic carbocycles. The molecule has 16 heavy (non-hydrogen) atoms. The van der Waals surface area contributed by atoms with Crippen molar-refractivity contribution in [1.82, 2.24) is 15.1 Å². The molecule has 0 fully saturated rings. The Morgan fingerprint density at radius 2 is 2.00 bits per heavy atom. The van der Waals surface area contributed by atoms with Crippen LogP contribution in [-0.4, -0.2) is 27.0 Å². The second-order valence-electron chi connectivity index (χ2n) is 5.60. The Morgan fingerprint density at radius 3 is 2.44 bits per heavy atom. The summed E-state index contributed by atoms with van der Waals surface area (Å²) >= 11 is 0. The van der Waals surface area contributed by atoms with Crippen molar-refractivity contribution in [3.63, 3.8) is 0 Å². The van der Waals surface area contributed by atoms with E-state index in [2.05, 4.69) is 31.2 Å². The van der Waals surface area contributed by atoms with Gasteiger partial charge in [0.05, 0.1) is 11.8 Å². The van der Waals surface area contributed by atoms with E-state index in [-0.39, 0.29) is 5.54 Å². The first kappa shape index (κ1) is 13.2. The van der Waals surface area contributed by atoms with Crippen LogP contribution in [0, 0.1) is 0 Å². The van der Waals surface area contributed by atoms with Gasteiger partial charge in [-0.25, -0.2) is 0 Å². The van der Waals surface area contributed by atoms with E-state index in [9.17, 15) is 5.11 Å². The molecule has 4 nitrogen and oxygen atoms in total. The summed E-state index contributed by atoms with van der Waals surface area (Å²) < 4.78 is 1.71. The molecule has 1 rings (SSSR count). The summed E-state index contributed by atoms with van der Waals surface area (Å²) in [6, 6.07) is 0. The third-order valence-corrected chi connectivity index (χ3v) is 2.59. The Labute approximate surface area is 97.7 Å². The van der Waals surface area contributed by atoms with Crippen molar-refractivity contribution in [1.29, 1.82) is 0 Å². The molecule has 1 atom stereocenters. The average molecular weight is 225 g/mol. The van der Waals surface area contributed by atoms with Gasteiger partial charge in [-0.3, -0.25) is 4.68 Å². The van der Waals surface area contributed by atoms with Crippen molar-refractivity contribution >= 4 is 0 Å². The number of hydrogen-bond acceptors (Lipinski definition) is 3. The minimum absolute atomic E-state index is 0.0883. The third kappa shape index (κ3) is 3.94. The van der Waals surface area contributed by atoms with E-state index in [1.165, 1.54) is 0 Å². The molecule has 0 aliphatic rings. The molecule has 0 saturated carbocycles. The number of nitrogens with one attached hydrogen (secondary N) is 1. The van der Waals surface area contributed by atoms with E-state index in [0.717, 1.165) is 12.1 Å². The first-order valence-electron chi connectivity index (χ1n) is 5.67. The van der Waals surface area contributed by atoms with Gasteiger partial charge in [-0.05, 0) is 40.7 Å². The van der Waals surface area contributed by atoms with Crippen LogP contribution in [0.5, 0.6) is 0 Å². The number of aliphatic hydroxyl groups is 1. The molecular weight excluding hydrogens is 202 g/mol. The van der Waals surface area contributed by atoms with Crippen LogP contribution in [0.1, 0.15) is 39.7 Å². The molecule has 1 heterocycles. The molecule has 1 unspecified atom stereocenters. The molecule has 92 valence electrons. The zero-order valence-corrected chi connectivity index (χ0v) is 10.9. The van der Waals surface area contributed by atoms with Crippen molar-refractivity contribution in [2.75, 3.05) is 6.54 Å². The summed E-state index contributed by atoms with van der Waals surface area (Å²) in [5.41, 5.74) is 0.142. The first-order valence-corrected chi connectivity index (χ1v) is 5.67. The van der Waals surface area contributed by atoms with Gasteiger partial charge in [-0.2, -0.15) is 5.10 Å². The lowest BCUT2D eigenvalue weighted by Crippen LogP contribution is -2.39. The van der Waals surface area contributed by atoms with Gasteiger partial charge in [0.2, 0.25) is 0 Å². The Balaban J connectivity index is 2.52. The van der Waals surface area contributed by atoms with Crippen molar-refractivity contribution in [2.45, 2.75) is 45.3 Å². The largest absolute Gasteiger partial charge is 0.385 e. The molecule has 4 heteroatoms. The van der Waals surface area contributed by atoms with Crippen molar-refractivity contribution < 1.29 is 5.11 Å². The summed E-state index contributed by atoms with van der Waals surface area (Å²) in [6.45, 7) is 8.96. The Bertz CT molecular complexity index is 336. The highest BCUT2D eigenvalue weighted by Crippen LogP contribution is 2.23. The molecule has 0 aromatic carbocycles. The minimum atomic E-state index is -0.813. The van der Waals surface area contributed by atoms with Crippen LogP contribution in [0.3, 0.4) is 0 Å². The van der Waals surface area contributed by atoms with Crippen molar-refractivity contribution in [3.05, 3.63) is 18.0 Å². The molecule has 0 spiro atoms. The number of aromatic nitrogens is 2. The number of nitrogens with zero attached hydrogens (tertiary/aromatic N) is 2. The third-order valence-electron chi connectivity index (χ3n) is 2.59. The highest BCUT2D eigenvalue weighted by atomic mass is 16.3. The lowest BCUT2D eigenvalue weighted by molar-refractivity contribution is 0.0463. The van der Waals surface area contributed by atoms with Crippen LogP contribution >= 0.6 is 0 Å². The summed E-state index contributed by atoms with van der Waals surface area (Å²) in [5, 5.41) is 17.7. The normalized spacial score (nSPS) is 16.1. The van der Waals surface area contributed by atoms with Crippen molar-refractivity contribution in [2.24, 2.45) is 7.05 Å². The number of rotatable bonds is 4. The second kappa shape index (κ2) is 4.55. The lowest BCUT2D eigenvalue weighted by atomic mass is 9.95. The minimum Gasteiger partial charge on any atom is -0.385 e. The SMILES string of the molecule is Cn1cc(C(C)(O)CCNC(C)(C)C)cn1. The highest BCUT2D eigenvalue weighted by molar-refractivity contribution is 5.13. The van der Waals surface area contributed by atoms with E-state index in [4.69, 9.17) is 0 Å². The number of aryl methyl sites for hydroxylation is 1. The maximum atomic E-state index is 10.3. The molecule has 2 N–H and O–H groups in total. The van der Waals surface area contributed by atoms with E-state index < -0.39 is 5.60 Å². The lowest BCUT2D eigenvalue weighted by Gasteiger charge is -2.26. The Hall–Kier alpha value is -0.870. The summed E-state index contributed by atoms with van der Waals surface area (Å²) in [7, 11) is 1.85. The first-order chi connectivity index (χ1) is 7.21. The topological polar surface area (TPSA) is 50.1 Å². The van der Waals surface area contributed by atoms with Gasteiger partial charge in [0.15, 0.2) is 0 Å². The quantitative estimate of drug-likeness (QED) is 0.814. The molecule has 1 aromatic rings. The second-order valence-corrected chi connectivity index (χ2v) is 5.60. The maximum Gasteiger partial charge on any atom is 0.0911 e. The van der Waals surface area contributed by atoms with Gasteiger partial charge in [0.1, 0.15) is 0 Å². The summed E-state index contributed by atoms with van der Waals surface area (Å²) in [4.78, 5) is 0. The Kier molecular flexibility index (Phi) is 3.76. The maximum absolute atomic E-state index is 10.3. The van der Waals surface area contributed by atoms with Crippen LogP contribution in [0.2, 0.25) is 0 Å². The fourth-order valence-electron chi connectivity index (χ4n) is 1.52. The monoisotopic (exact) mass is 225 g/mol. The molecule has 0 bridgehead atoms. The van der Waals surface area contributed by atoms with Gasteiger partial charge in [-0.1, -0.05) is 0 Å². The van der Waals surface area contributed by atoms with E-state index in [0.29, 0.717) is 6.42 Å². The standard InChI is InChI=1S/C12H23N3O/c1-11(2,3)13-7-6-12(4,16)10-8-14-15(5)9-10/h8-9,13,16H,6-7H2,1-5H3. The fraction of sp³-hybridized carbons (Fsp3) is 0.750. The molecule has 1 aromatic heterocycles. The van der Waals surface area contributed by atoms with Crippen LogP contribution in [-0.2, 0) is 12.6 Å². The average Bonchev–Trinajstić information content (AvgIpc) is 2.49. The molecule has 0 amide bonds. The Morgan fingerprint density at radius 1 is 1.38 bits per heavy atom. The van der Waals surface area contributed by atoms with Crippen LogP contribution in [0.4, 0.5) is 0 Å². The van der Waals surface area contributed by atoms with E-state index in [1.807, 2.05) is 20.2 Å². The van der Waals surface area contributed by atoms with E-state index in [1.54, 1.807) is 10.9 Å². The van der Waals surface area contributed by atoms with Crippen LogP contribution in [0.15, 0.2) is 12.4 Å².